The van der Waals surface area contributed by atoms with Crippen LogP contribution in [0, 0.1) is 6.57 Å². The number of halogens is 1. The summed E-state index contributed by atoms with van der Waals surface area (Å²) in [6.07, 6.45) is 0. The Balaban J connectivity index is 2.66. The second-order valence-corrected chi connectivity index (χ2v) is 3.12. The molecule has 0 bridgehead atoms. The lowest BCUT2D eigenvalue weighted by molar-refractivity contribution is 1.03. The quantitative estimate of drug-likeness (QED) is 0.691. The van der Waals surface area contributed by atoms with E-state index in [1.54, 1.807) is 6.07 Å². The molecule has 64 valence electrons. The van der Waals surface area contributed by atoms with Crippen molar-refractivity contribution in [3.05, 3.63) is 40.3 Å². The Morgan fingerprint density at radius 3 is 3.15 bits per heavy atom. The average Bonchev–Trinajstić information content (AvgIpc) is 2.49. The normalized spacial score (nSPS) is 10.2. The molecular weight excluding hydrogens is 186 g/mol. The van der Waals surface area contributed by atoms with Gasteiger partial charge in [-0.1, -0.05) is 11.6 Å². The van der Waals surface area contributed by atoms with Crippen molar-refractivity contribution in [3.8, 4) is 0 Å². The Morgan fingerprint density at radius 2 is 2.38 bits per heavy atom. The predicted molar refractivity (Wildman–Crippen MR) is 51.4 cm³/mol. The maximum atomic E-state index is 6.75. The molecule has 1 aromatic carbocycles. The van der Waals surface area contributed by atoms with Gasteiger partial charge in [0.25, 0.3) is 6.54 Å². The summed E-state index contributed by atoms with van der Waals surface area (Å²) in [7, 11) is 0. The standard InChI is InChI=1S/C9H6ClN3/c1-11-5-9-7-4-6(10)2-3-8(7)12-13-9/h2-4H,5H2,(H,12,13). The zero-order chi connectivity index (χ0) is 9.26. The zero-order valence-electron chi connectivity index (χ0n) is 6.71. The number of hydrogen-bond donors (Lipinski definition) is 1. The van der Waals surface area contributed by atoms with Crippen LogP contribution in [0.2, 0.25) is 5.02 Å². The van der Waals surface area contributed by atoms with Crippen LogP contribution in [-0.2, 0) is 6.54 Å². The Bertz CT molecular complexity index is 481. The van der Waals surface area contributed by atoms with Crippen molar-refractivity contribution in [2.75, 3.05) is 0 Å². The predicted octanol–water partition coefficient (Wildman–Crippen LogP) is 2.64. The van der Waals surface area contributed by atoms with Crippen LogP contribution in [0.25, 0.3) is 15.7 Å². The van der Waals surface area contributed by atoms with Crippen molar-refractivity contribution >= 4 is 22.5 Å². The number of aromatic amines is 1. The fourth-order valence-corrected chi connectivity index (χ4v) is 1.41. The molecule has 4 heteroatoms. The molecule has 0 saturated carbocycles. The second-order valence-electron chi connectivity index (χ2n) is 2.68. The molecule has 2 aromatic rings. The summed E-state index contributed by atoms with van der Waals surface area (Å²) in [6.45, 7) is 7.07. The van der Waals surface area contributed by atoms with Gasteiger partial charge in [0, 0.05) is 10.4 Å². The lowest BCUT2D eigenvalue weighted by atomic mass is 10.2. The minimum Gasteiger partial charge on any atom is -0.310 e. The van der Waals surface area contributed by atoms with Crippen molar-refractivity contribution in [2.45, 2.75) is 6.54 Å². The summed E-state index contributed by atoms with van der Waals surface area (Å²) in [4.78, 5) is 3.29. The van der Waals surface area contributed by atoms with Crippen LogP contribution < -0.4 is 0 Å². The third kappa shape index (κ3) is 1.36. The molecule has 0 aliphatic rings. The van der Waals surface area contributed by atoms with Gasteiger partial charge in [0.05, 0.1) is 5.52 Å². The first-order chi connectivity index (χ1) is 6.31. The number of hydrogen-bond acceptors (Lipinski definition) is 1. The van der Waals surface area contributed by atoms with E-state index in [0.29, 0.717) is 11.6 Å². The summed E-state index contributed by atoms with van der Waals surface area (Å²) >= 11 is 5.83. The largest absolute Gasteiger partial charge is 0.310 e. The van der Waals surface area contributed by atoms with Crippen LogP contribution in [0.1, 0.15) is 5.69 Å². The Hall–Kier alpha value is -1.53. The molecule has 1 aromatic heterocycles. The van der Waals surface area contributed by atoms with E-state index in [0.717, 1.165) is 16.6 Å². The third-order valence-electron chi connectivity index (χ3n) is 1.83. The maximum absolute atomic E-state index is 6.75. The molecular formula is C9H6ClN3. The molecule has 2 rings (SSSR count). The molecule has 0 aliphatic heterocycles. The monoisotopic (exact) mass is 191 g/mol. The van der Waals surface area contributed by atoms with Gasteiger partial charge in [0.15, 0.2) is 0 Å². The lowest BCUT2D eigenvalue weighted by Gasteiger charge is -1.90. The minimum atomic E-state index is 0.316. The van der Waals surface area contributed by atoms with Gasteiger partial charge in [0.2, 0.25) is 0 Å². The van der Waals surface area contributed by atoms with E-state index in [1.165, 1.54) is 0 Å². The minimum absolute atomic E-state index is 0.316. The summed E-state index contributed by atoms with van der Waals surface area (Å²) in [5.74, 6) is 0. The molecule has 3 nitrogen and oxygen atoms in total. The fraction of sp³-hybridized carbons (Fsp3) is 0.111. The fourth-order valence-electron chi connectivity index (χ4n) is 1.23. The number of benzene rings is 1. The van der Waals surface area contributed by atoms with Crippen LogP contribution in [0.15, 0.2) is 18.2 Å². The Kier molecular flexibility index (Phi) is 1.91. The van der Waals surface area contributed by atoms with Gasteiger partial charge in [-0.2, -0.15) is 5.10 Å². The summed E-state index contributed by atoms with van der Waals surface area (Å²) in [5.41, 5.74) is 1.68. The van der Waals surface area contributed by atoms with Crippen LogP contribution in [0.3, 0.4) is 0 Å². The molecule has 0 fully saturated rings. The van der Waals surface area contributed by atoms with E-state index in [-0.39, 0.29) is 0 Å². The number of H-pyrrole nitrogens is 1. The van der Waals surface area contributed by atoms with Gasteiger partial charge in [0.1, 0.15) is 5.69 Å². The summed E-state index contributed by atoms with van der Waals surface area (Å²) < 4.78 is 0. The highest BCUT2D eigenvalue weighted by atomic mass is 35.5. The van der Waals surface area contributed by atoms with E-state index in [9.17, 15) is 0 Å². The van der Waals surface area contributed by atoms with Crippen molar-refractivity contribution in [1.29, 1.82) is 0 Å². The molecule has 0 spiro atoms. The first-order valence-corrected chi connectivity index (χ1v) is 4.15. The van der Waals surface area contributed by atoms with E-state index < -0.39 is 0 Å². The average molecular weight is 192 g/mol. The molecule has 1 heterocycles. The molecule has 0 amide bonds. The first kappa shape index (κ1) is 8.09. The van der Waals surface area contributed by atoms with E-state index in [1.807, 2.05) is 12.1 Å². The van der Waals surface area contributed by atoms with Gasteiger partial charge in [-0.3, -0.25) is 5.10 Å². The number of aromatic nitrogens is 2. The van der Waals surface area contributed by atoms with Gasteiger partial charge >= 0.3 is 0 Å². The van der Waals surface area contributed by atoms with Crippen LogP contribution in [0.5, 0.6) is 0 Å². The smallest absolute Gasteiger partial charge is 0.256 e. The molecule has 0 saturated heterocycles. The highest BCUT2D eigenvalue weighted by Crippen LogP contribution is 2.20. The SMILES string of the molecule is [C-]#[N+]Cc1[nH]nc2ccc(Cl)cc12. The highest BCUT2D eigenvalue weighted by molar-refractivity contribution is 6.31. The van der Waals surface area contributed by atoms with Crippen LogP contribution in [0.4, 0.5) is 0 Å². The zero-order valence-corrected chi connectivity index (χ0v) is 7.47. The molecule has 13 heavy (non-hydrogen) atoms. The molecule has 0 atom stereocenters. The van der Waals surface area contributed by atoms with E-state index >= 15 is 0 Å². The molecule has 1 N–H and O–H groups in total. The topological polar surface area (TPSA) is 33.0 Å². The number of nitrogens with one attached hydrogen (secondary N) is 1. The highest BCUT2D eigenvalue weighted by Gasteiger charge is 2.06. The lowest BCUT2D eigenvalue weighted by Crippen LogP contribution is -1.78. The van der Waals surface area contributed by atoms with Crippen molar-refractivity contribution in [1.82, 2.24) is 10.2 Å². The van der Waals surface area contributed by atoms with Gasteiger partial charge < -0.3 is 4.85 Å². The number of fused-ring (bicyclic) bond motifs is 1. The van der Waals surface area contributed by atoms with Gasteiger partial charge in [-0.15, -0.1) is 0 Å². The summed E-state index contributed by atoms with van der Waals surface area (Å²) in [6, 6.07) is 5.44. The summed E-state index contributed by atoms with van der Waals surface area (Å²) in [5, 5.41) is 8.47. The molecule has 0 radical (unpaired) electrons. The van der Waals surface area contributed by atoms with Gasteiger partial charge in [-0.05, 0) is 18.2 Å². The maximum Gasteiger partial charge on any atom is 0.256 e. The number of rotatable bonds is 1. The van der Waals surface area contributed by atoms with Crippen LogP contribution >= 0.6 is 11.6 Å². The van der Waals surface area contributed by atoms with Crippen molar-refractivity contribution in [3.63, 3.8) is 0 Å². The van der Waals surface area contributed by atoms with E-state index in [4.69, 9.17) is 18.2 Å². The van der Waals surface area contributed by atoms with Gasteiger partial charge in [-0.25, -0.2) is 6.57 Å². The number of nitrogens with zero attached hydrogens (tertiary/aromatic N) is 2. The molecule has 0 aliphatic carbocycles. The van der Waals surface area contributed by atoms with E-state index in [2.05, 4.69) is 15.0 Å². The molecule has 0 unspecified atom stereocenters. The Morgan fingerprint density at radius 1 is 1.54 bits per heavy atom. The second kappa shape index (κ2) is 3.08. The first-order valence-electron chi connectivity index (χ1n) is 3.77. The van der Waals surface area contributed by atoms with Crippen LogP contribution in [-0.4, -0.2) is 10.2 Å². The third-order valence-corrected chi connectivity index (χ3v) is 2.07. The van der Waals surface area contributed by atoms with Crippen molar-refractivity contribution in [2.24, 2.45) is 0 Å². The van der Waals surface area contributed by atoms with Crippen molar-refractivity contribution < 1.29 is 0 Å². The Labute approximate surface area is 80.1 Å².